The van der Waals surface area contributed by atoms with Crippen LogP contribution in [-0.2, 0) is 0 Å². The normalized spacial score (nSPS) is 10.6. The van der Waals surface area contributed by atoms with E-state index in [0.717, 1.165) is 25.2 Å². The molecule has 0 fully saturated rings. The molecule has 0 unspecified atom stereocenters. The minimum atomic E-state index is 0.807. The highest BCUT2D eigenvalue weighted by Gasteiger charge is 1.90. The summed E-state index contributed by atoms with van der Waals surface area (Å²) in [5.74, 6) is 0.940. The van der Waals surface area contributed by atoms with Crippen molar-refractivity contribution in [3.05, 3.63) is 42.5 Å². The second kappa shape index (κ2) is 7.19. The van der Waals surface area contributed by atoms with Gasteiger partial charge in [0.1, 0.15) is 5.75 Å². The summed E-state index contributed by atoms with van der Waals surface area (Å²) in [5.41, 5.74) is 0. The molecule has 0 aliphatic heterocycles. The molecule has 1 nitrogen and oxygen atoms in total. The van der Waals surface area contributed by atoms with Gasteiger partial charge in [0.15, 0.2) is 0 Å². The van der Waals surface area contributed by atoms with Crippen molar-refractivity contribution in [2.45, 2.75) is 26.2 Å². The molecule has 0 bridgehead atoms. The van der Waals surface area contributed by atoms with Crippen LogP contribution < -0.4 is 4.74 Å². The lowest BCUT2D eigenvalue weighted by Gasteiger charge is -2.04. The van der Waals surface area contributed by atoms with Gasteiger partial charge >= 0.3 is 0 Å². The topological polar surface area (TPSA) is 9.23 Å². The first-order valence-corrected chi connectivity index (χ1v) is 5.13. The quantitative estimate of drug-likeness (QED) is 0.490. The second-order valence-electron chi connectivity index (χ2n) is 3.15. The van der Waals surface area contributed by atoms with Crippen LogP contribution in [0.1, 0.15) is 26.2 Å². The van der Waals surface area contributed by atoms with E-state index in [2.05, 4.69) is 25.1 Å². The highest BCUT2D eigenvalue weighted by Crippen LogP contribution is 2.08. The largest absolute Gasteiger partial charge is 0.494 e. The van der Waals surface area contributed by atoms with Crippen LogP contribution in [0.25, 0.3) is 0 Å². The number of allylic oxidation sites excluding steroid dienone is 2. The van der Waals surface area contributed by atoms with Crippen molar-refractivity contribution >= 4 is 0 Å². The van der Waals surface area contributed by atoms with E-state index in [0.29, 0.717) is 0 Å². The predicted octanol–water partition coefficient (Wildman–Crippen LogP) is 3.61. The minimum Gasteiger partial charge on any atom is -0.494 e. The third kappa shape index (κ3) is 4.70. The first-order valence-electron chi connectivity index (χ1n) is 5.13. The van der Waals surface area contributed by atoms with Gasteiger partial charge in [0.2, 0.25) is 0 Å². The van der Waals surface area contributed by atoms with E-state index < -0.39 is 0 Å². The van der Waals surface area contributed by atoms with Crippen LogP contribution in [0.2, 0.25) is 0 Å². The molecule has 0 saturated heterocycles. The van der Waals surface area contributed by atoms with Crippen LogP contribution in [0.3, 0.4) is 0 Å². The number of benzene rings is 1. The van der Waals surface area contributed by atoms with Crippen molar-refractivity contribution in [1.82, 2.24) is 0 Å². The van der Waals surface area contributed by atoms with Crippen LogP contribution >= 0.6 is 0 Å². The van der Waals surface area contributed by atoms with Crippen molar-refractivity contribution in [3.8, 4) is 5.75 Å². The van der Waals surface area contributed by atoms with E-state index in [4.69, 9.17) is 4.74 Å². The van der Waals surface area contributed by atoms with E-state index in [1.165, 1.54) is 6.42 Å². The van der Waals surface area contributed by atoms with Gasteiger partial charge in [-0.2, -0.15) is 0 Å². The van der Waals surface area contributed by atoms with Gasteiger partial charge in [-0.05, 0) is 44.4 Å². The first kappa shape index (κ1) is 10.8. The zero-order valence-corrected chi connectivity index (χ0v) is 8.70. The average Bonchev–Trinajstić information content (AvgIpc) is 2.25. The smallest absolute Gasteiger partial charge is 0.119 e. The Balaban J connectivity index is 2.05. The molecule has 1 radical (unpaired) electrons. The molecule has 1 aromatic rings. The van der Waals surface area contributed by atoms with Crippen LogP contribution in [0.5, 0.6) is 5.75 Å². The molecule has 75 valence electrons. The number of unbranched alkanes of at least 4 members (excludes halogenated alkanes) is 2. The van der Waals surface area contributed by atoms with Crippen molar-refractivity contribution in [2.24, 2.45) is 0 Å². The molecular formula is C13H17O. The van der Waals surface area contributed by atoms with Crippen molar-refractivity contribution in [3.63, 3.8) is 0 Å². The van der Waals surface area contributed by atoms with Gasteiger partial charge in [-0.1, -0.05) is 24.3 Å². The van der Waals surface area contributed by atoms with Gasteiger partial charge in [0.05, 0.1) is 6.61 Å². The van der Waals surface area contributed by atoms with E-state index >= 15 is 0 Å². The molecule has 0 heterocycles. The Hall–Kier alpha value is -1.24. The molecule has 0 amide bonds. The molecule has 0 aliphatic rings. The maximum atomic E-state index is 5.54. The summed E-state index contributed by atoms with van der Waals surface area (Å²) in [5, 5.41) is 0. The predicted molar refractivity (Wildman–Crippen MR) is 59.4 cm³/mol. The maximum absolute atomic E-state index is 5.54. The summed E-state index contributed by atoms with van der Waals surface area (Å²) < 4.78 is 5.54. The zero-order chi connectivity index (χ0) is 10.1. The Kier molecular flexibility index (Phi) is 5.57. The average molecular weight is 189 g/mol. The lowest BCUT2D eigenvalue weighted by Crippen LogP contribution is -1.96. The van der Waals surface area contributed by atoms with Gasteiger partial charge in [0, 0.05) is 0 Å². The van der Waals surface area contributed by atoms with E-state index in [-0.39, 0.29) is 0 Å². The highest BCUT2D eigenvalue weighted by atomic mass is 16.5. The monoisotopic (exact) mass is 189 g/mol. The summed E-state index contributed by atoms with van der Waals surface area (Å²) in [7, 11) is 0. The van der Waals surface area contributed by atoms with Crippen LogP contribution in [0, 0.1) is 6.07 Å². The lowest BCUT2D eigenvalue weighted by molar-refractivity contribution is 0.307. The van der Waals surface area contributed by atoms with Crippen molar-refractivity contribution in [1.29, 1.82) is 0 Å². The lowest BCUT2D eigenvalue weighted by atomic mass is 10.2. The third-order valence-corrected chi connectivity index (χ3v) is 1.96. The Labute approximate surface area is 86.4 Å². The van der Waals surface area contributed by atoms with Gasteiger partial charge in [-0.15, -0.1) is 0 Å². The van der Waals surface area contributed by atoms with E-state index in [1.54, 1.807) is 0 Å². The first-order chi connectivity index (χ1) is 6.93. The molecule has 0 atom stereocenters. The fourth-order valence-corrected chi connectivity index (χ4v) is 1.19. The molecule has 1 heteroatoms. The van der Waals surface area contributed by atoms with Crippen LogP contribution in [0.4, 0.5) is 0 Å². The maximum Gasteiger partial charge on any atom is 0.119 e. The molecule has 1 aromatic carbocycles. The number of rotatable bonds is 6. The molecule has 0 spiro atoms. The fourth-order valence-electron chi connectivity index (χ4n) is 1.19. The van der Waals surface area contributed by atoms with E-state index in [9.17, 15) is 0 Å². The summed E-state index contributed by atoms with van der Waals surface area (Å²) in [6.45, 7) is 2.86. The second-order valence-corrected chi connectivity index (χ2v) is 3.15. The van der Waals surface area contributed by atoms with Crippen LogP contribution in [0.15, 0.2) is 36.4 Å². The fraction of sp³-hybridized carbons (Fsp3) is 0.385. The standard InChI is InChI=1S/C13H17O/c1-2-3-4-5-9-12-14-13-10-7-6-8-11-13/h2-3,7-8,10-11H,4-5,9,12H2,1H3/b3-2+. The Bertz CT molecular complexity index is 251. The van der Waals surface area contributed by atoms with Gasteiger partial charge in [0.25, 0.3) is 0 Å². The number of ether oxygens (including phenoxy) is 1. The molecule has 0 aromatic heterocycles. The Morgan fingerprint density at radius 2 is 2.07 bits per heavy atom. The van der Waals surface area contributed by atoms with Gasteiger partial charge in [-0.25, -0.2) is 0 Å². The van der Waals surface area contributed by atoms with Crippen molar-refractivity contribution < 1.29 is 4.74 Å². The molecule has 0 aliphatic carbocycles. The number of hydrogen-bond acceptors (Lipinski definition) is 1. The van der Waals surface area contributed by atoms with Crippen molar-refractivity contribution in [2.75, 3.05) is 6.61 Å². The summed E-state index contributed by atoms with van der Waals surface area (Å²) in [4.78, 5) is 0. The highest BCUT2D eigenvalue weighted by molar-refractivity contribution is 5.20. The third-order valence-electron chi connectivity index (χ3n) is 1.96. The molecule has 0 N–H and O–H groups in total. The molecule has 1 rings (SSSR count). The molecular weight excluding hydrogens is 172 g/mol. The summed E-state index contributed by atoms with van der Waals surface area (Å²) in [6.07, 6.45) is 7.75. The van der Waals surface area contributed by atoms with Crippen LogP contribution in [-0.4, -0.2) is 6.61 Å². The number of hydrogen-bond donors (Lipinski definition) is 0. The van der Waals surface area contributed by atoms with Gasteiger partial charge in [-0.3, -0.25) is 0 Å². The SMILES string of the molecule is C/C=C/CCCCOc1cc[c]cc1. The van der Waals surface area contributed by atoms with Gasteiger partial charge < -0.3 is 4.74 Å². The molecule has 14 heavy (non-hydrogen) atoms. The summed E-state index contributed by atoms with van der Waals surface area (Å²) >= 11 is 0. The zero-order valence-electron chi connectivity index (χ0n) is 8.70. The summed E-state index contributed by atoms with van der Waals surface area (Å²) in [6, 6.07) is 10.6. The minimum absolute atomic E-state index is 0.807. The molecule has 0 saturated carbocycles. The Morgan fingerprint density at radius 3 is 2.79 bits per heavy atom. The van der Waals surface area contributed by atoms with E-state index in [1.807, 2.05) is 24.3 Å². The Morgan fingerprint density at radius 1 is 1.29 bits per heavy atom.